The van der Waals surface area contributed by atoms with Crippen LogP contribution in [-0.4, -0.2) is 53.1 Å². The van der Waals surface area contributed by atoms with Gasteiger partial charge in [0.2, 0.25) is 11.8 Å². The van der Waals surface area contributed by atoms with E-state index in [2.05, 4.69) is 5.32 Å². The van der Waals surface area contributed by atoms with Crippen molar-refractivity contribution < 1.29 is 24.2 Å². The van der Waals surface area contributed by atoms with E-state index in [0.29, 0.717) is 19.7 Å². The Balaban J connectivity index is 1.49. The lowest BCUT2D eigenvalue weighted by molar-refractivity contribution is -0.147. The lowest BCUT2D eigenvalue weighted by Crippen LogP contribution is -2.55. The maximum Gasteiger partial charge on any atom is 0.331 e. The van der Waals surface area contributed by atoms with Crippen LogP contribution in [0, 0.1) is 0 Å². The van der Waals surface area contributed by atoms with Gasteiger partial charge in [0.05, 0.1) is 6.61 Å². The van der Waals surface area contributed by atoms with Crippen LogP contribution in [0.4, 0.5) is 0 Å². The lowest BCUT2D eigenvalue weighted by atomic mass is 9.98. The Labute approximate surface area is 143 Å². The molecule has 2 amide bonds. The molecule has 1 aromatic heterocycles. The lowest BCUT2D eigenvalue weighted by Gasteiger charge is -2.27. The summed E-state index contributed by atoms with van der Waals surface area (Å²) in [5, 5.41) is 13.9. The molecule has 0 bridgehead atoms. The second kappa shape index (κ2) is 6.90. The summed E-state index contributed by atoms with van der Waals surface area (Å²) in [6.07, 6.45) is 1.17. The number of carboxylic acid groups (broad SMARTS) is 1. The molecule has 3 heterocycles. The normalized spacial score (nSPS) is 22.9. The number of hydrogen-bond acceptors (Lipinski definition) is 5. The summed E-state index contributed by atoms with van der Waals surface area (Å²) in [4.78, 5) is 38.8. The van der Waals surface area contributed by atoms with Crippen LogP contribution in [0.1, 0.15) is 29.7 Å². The first kappa shape index (κ1) is 16.9. The van der Waals surface area contributed by atoms with E-state index in [9.17, 15) is 19.5 Å². The molecule has 1 aromatic rings. The first-order chi connectivity index (χ1) is 11.5. The fourth-order valence-corrected chi connectivity index (χ4v) is 3.94. The van der Waals surface area contributed by atoms with Crippen molar-refractivity contribution in [1.82, 2.24) is 10.2 Å². The first-order valence-electron chi connectivity index (χ1n) is 7.95. The molecule has 0 aromatic carbocycles. The number of ether oxygens (including phenoxy) is 1. The predicted octanol–water partition coefficient (Wildman–Crippen LogP) is 0.773. The Bertz CT molecular complexity index is 651. The molecule has 1 fully saturated rings. The molecule has 0 saturated carbocycles. The van der Waals surface area contributed by atoms with Crippen molar-refractivity contribution in [3.63, 3.8) is 0 Å². The Kier molecular flexibility index (Phi) is 4.86. The third-order valence-electron chi connectivity index (χ3n) is 4.54. The number of thiophene rings is 1. The minimum atomic E-state index is -1.35. The highest BCUT2D eigenvalue weighted by Gasteiger charge is 2.43. The molecule has 8 heteroatoms. The Morgan fingerprint density at radius 2 is 2.21 bits per heavy atom. The van der Waals surface area contributed by atoms with Gasteiger partial charge < -0.3 is 20.1 Å². The van der Waals surface area contributed by atoms with Gasteiger partial charge in [0.1, 0.15) is 0 Å². The van der Waals surface area contributed by atoms with Crippen molar-refractivity contribution in [2.45, 2.75) is 37.8 Å². The fourth-order valence-electron chi connectivity index (χ4n) is 3.05. The highest BCUT2D eigenvalue weighted by molar-refractivity contribution is 7.10. The van der Waals surface area contributed by atoms with E-state index in [1.165, 1.54) is 10.4 Å². The van der Waals surface area contributed by atoms with Crippen molar-refractivity contribution in [3.8, 4) is 0 Å². The van der Waals surface area contributed by atoms with Crippen LogP contribution >= 0.6 is 11.3 Å². The van der Waals surface area contributed by atoms with Crippen molar-refractivity contribution in [1.29, 1.82) is 0 Å². The van der Waals surface area contributed by atoms with Gasteiger partial charge in [-0.1, -0.05) is 0 Å². The average Bonchev–Trinajstić information content (AvgIpc) is 3.21. The molecule has 0 radical (unpaired) electrons. The number of carbonyl (C=O) groups excluding carboxylic acids is 2. The average molecular weight is 352 g/mol. The van der Waals surface area contributed by atoms with E-state index in [1.54, 1.807) is 16.2 Å². The standard InChI is InChI=1S/C16H20N2O5S/c19-13(17-16(15(21)22)5-7-23-10-16)1-2-14(20)18-6-3-12-11(9-18)4-8-24-12/h4,8H,1-3,5-7,9-10H2,(H,17,19)(H,21,22). The van der Waals surface area contributed by atoms with E-state index in [0.717, 1.165) is 6.42 Å². The summed E-state index contributed by atoms with van der Waals surface area (Å²) in [5.74, 6) is -1.60. The van der Waals surface area contributed by atoms with Crippen LogP contribution < -0.4 is 5.32 Å². The van der Waals surface area contributed by atoms with Gasteiger partial charge in [0.25, 0.3) is 0 Å². The Morgan fingerprint density at radius 1 is 1.38 bits per heavy atom. The van der Waals surface area contributed by atoms with E-state index >= 15 is 0 Å². The van der Waals surface area contributed by atoms with Gasteiger partial charge in [-0.15, -0.1) is 11.3 Å². The van der Waals surface area contributed by atoms with E-state index < -0.39 is 17.4 Å². The molecular formula is C16H20N2O5S. The largest absolute Gasteiger partial charge is 0.479 e. The summed E-state index contributed by atoms with van der Waals surface area (Å²) in [6.45, 7) is 1.53. The quantitative estimate of drug-likeness (QED) is 0.816. The number of hydrogen-bond donors (Lipinski definition) is 2. The third kappa shape index (κ3) is 3.44. The maximum absolute atomic E-state index is 12.3. The molecule has 7 nitrogen and oxygen atoms in total. The van der Waals surface area contributed by atoms with Crippen molar-refractivity contribution >= 4 is 29.1 Å². The molecule has 3 rings (SSSR count). The molecular weight excluding hydrogens is 332 g/mol. The van der Waals surface area contributed by atoms with Crippen LogP contribution in [-0.2, 0) is 32.1 Å². The number of aliphatic carboxylic acids is 1. The van der Waals surface area contributed by atoms with Crippen LogP contribution in [0.15, 0.2) is 11.4 Å². The summed E-state index contributed by atoms with van der Waals surface area (Å²) in [7, 11) is 0. The highest BCUT2D eigenvalue weighted by Crippen LogP contribution is 2.24. The molecule has 2 aliphatic heterocycles. The Hall–Kier alpha value is -1.93. The van der Waals surface area contributed by atoms with E-state index in [4.69, 9.17) is 4.74 Å². The molecule has 2 N–H and O–H groups in total. The zero-order valence-corrected chi connectivity index (χ0v) is 14.1. The number of rotatable bonds is 5. The van der Waals surface area contributed by atoms with E-state index in [1.807, 2.05) is 11.4 Å². The summed E-state index contributed by atoms with van der Waals surface area (Å²) in [5.41, 5.74) is -0.173. The SMILES string of the molecule is O=C(CCC(=O)N1CCc2sccc2C1)NC1(C(=O)O)CCOC1. The van der Waals surface area contributed by atoms with Gasteiger partial charge in [0, 0.05) is 43.8 Å². The summed E-state index contributed by atoms with van der Waals surface area (Å²) in [6, 6.07) is 2.03. The first-order valence-corrected chi connectivity index (χ1v) is 8.83. The number of amides is 2. The molecule has 0 spiro atoms. The van der Waals surface area contributed by atoms with Crippen molar-refractivity contribution in [2.75, 3.05) is 19.8 Å². The van der Waals surface area contributed by atoms with Gasteiger partial charge >= 0.3 is 5.97 Å². The molecule has 1 unspecified atom stereocenters. The van der Waals surface area contributed by atoms with Gasteiger partial charge in [-0.2, -0.15) is 0 Å². The van der Waals surface area contributed by atoms with Crippen LogP contribution in [0.5, 0.6) is 0 Å². The highest BCUT2D eigenvalue weighted by atomic mass is 32.1. The smallest absolute Gasteiger partial charge is 0.331 e. The van der Waals surface area contributed by atoms with Crippen LogP contribution in [0.2, 0.25) is 0 Å². The van der Waals surface area contributed by atoms with Crippen LogP contribution in [0.3, 0.4) is 0 Å². The second-order valence-electron chi connectivity index (χ2n) is 6.17. The molecule has 130 valence electrons. The van der Waals surface area contributed by atoms with Gasteiger partial charge in [-0.25, -0.2) is 4.79 Å². The number of nitrogens with zero attached hydrogens (tertiary/aromatic N) is 1. The minimum absolute atomic E-state index is 0.0130. The molecule has 2 aliphatic rings. The monoisotopic (exact) mass is 352 g/mol. The predicted molar refractivity (Wildman–Crippen MR) is 86.6 cm³/mol. The third-order valence-corrected chi connectivity index (χ3v) is 5.56. The summed E-state index contributed by atoms with van der Waals surface area (Å²) >= 11 is 1.71. The van der Waals surface area contributed by atoms with Gasteiger partial charge in [-0.3, -0.25) is 9.59 Å². The number of carboxylic acids is 1. The molecule has 1 atom stereocenters. The van der Waals surface area contributed by atoms with Crippen LogP contribution in [0.25, 0.3) is 0 Å². The maximum atomic E-state index is 12.3. The molecule has 1 saturated heterocycles. The van der Waals surface area contributed by atoms with Gasteiger partial charge in [0.15, 0.2) is 5.54 Å². The van der Waals surface area contributed by atoms with Crippen molar-refractivity contribution in [3.05, 3.63) is 21.9 Å². The zero-order chi connectivity index (χ0) is 17.2. The summed E-state index contributed by atoms with van der Waals surface area (Å²) < 4.78 is 5.10. The topological polar surface area (TPSA) is 95.9 Å². The minimum Gasteiger partial charge on any atom is -0.479 e. The number of fused-ring (bicyclic) bond motifs is 1. The Morgan fingerprint density at radius 3 is 2.92 bits per heavy atom. The molecule has 24 heavy (non-hydrogen) atoms. The zero-order valence-electron chi connectivity index (χ0n) is 13.2. The molecule has 0 aliphatic carbocycles. The van der Waals surface area contributed by atoms with Crippen molar-refractivity contribution in [2.24, 2.45) is 0 Å². The number of carbonyl (C=O) groups is 3. The number of nitrogens with one attached hydrogen (secondary N) is 1. The van der Waals surface area contributed by atoms with Gasteiger partial charge in [-0.05, 0) is 23.4 Å². The second-order valence-corrected chi connectivity index (χ2v) is 7.17. The fraction of sp³-hybridized carbons (Fsp3) is 0.562. The van der Waals surface area contributed by atoms with E-state index in [-0.39, 0.29) is 31.8 Å².